The van der Waals surface area contributed by atoms with E-state index >= 15 is 0 Å². The van der Waals surface area contributed by atoms with Crippen molar-refractivity contribution in [1.29, 1.82) is 0 Å². The van der Waals surface area contributed by atoms with E-state index in [2.05, 4.69) is 5.32 Å². The lowest BCUT2D eigenvalue weighted by molar-refractivity contribution is -0.141. The van der Waals surface area contributed by atoms with Gasteiger partial charge in [0.15, 0.2) is 6.61 Å². The zero-order valence-electron chi connectivity index (χ0n) is 12.6. The summed E-state index contributed by atoms with van der Waals surface area (Å²) < 4.78 is 48.6. The van der Waals surface area contributed by atoms with E-state index in [-0.39, 0.29) is 13.0 Å². The second kappa shape index (κ2) is 7.08. The van der Waals surface area contributed by atoms with Gasteiger partial charge < -0.3 is 19.9 Å². The number of alkyl halides is 3. The molecule has 1 atom stereocenters. The Morgan fingerprint density at radius 3 is 2.62 bits per heavy atom. The van der Waals surface area contributed by atoms with E-state index in [0.29, 0.717) is 13.0 Å². The van der Waals surface area contributed by atoms with Crippen LogP contribution >= 0.6 is 0 Å². The van der Waals surface area contributed by atoms with Crippen LogP contribution < -0.4 is 10.1 Å². The van der Waals surface area contributed by atoms with Crippen molar-refractivity contribution in [1.82, 2.24) is 5.32 Å². The average Bonchev–Trinajstić information content (AvgIpc) is 2.91. The smallest absolute Gasteiger partial charge is 0.419 e. The number of hydrogen-bond donors (Lipinski definition) is 2. The Kier molecular flexibility index (Phi) is 5.33. The highest BCUT2D eigenvalue weighted by Crippen LogP contribution is 2.35. The number of amides is 1. The summed E-state index contributed by atoms with van der Waals surface area (Å²) in [5.41, 5.74) is -2.04. The van der Waals surface area contributed by atoms with Gasteiger partial charge in [-0.25, -0.2) is 0 Å². The maximum Gasteiger partial charge on any atom is 0.419 e. The average molecular weight is 347 g/mol. The Morgan fingerprint density at radius 2 is 2.04 bits per heavy atom. The van der Waals surface area contributed by atoms with Crippen LogP contribution in [0.25, 0.3) is 0 Å². The number of benzene rings is 1. The Labute approximate surface area is 135 Å². The molecule has 0 spiro atoms. The summed E-state index contributed by atoms with van der Waals surface area (Å²) in [5.74, 6) is -2.28. The van der Waals surface area contributed by atoms with Gasteiger partial charge in [-0.2, -0.15) is 13.2 Å². The highest BCUT2D eigenvalue weighted by Gasteiger charge is 2.39. The molecular formula is C15H16F3NO5. The number of carboxylic acids is 1. The summed E-state index contributed by atoms with van der Waals surface area (Å²) in [6, 6.07) is 4.54. The van der Waals surface area contributed by atoms with Gasteiger partial charge in [-0.1, -0.05) is 12.1 Å². The fourth-order valence-corrected chi connectivity index (χ4v) is 2.48. The first-order chi connectivity index (χ1) is 11.2. The SMILES string of the molecule is O=C(O)CC1(NC(=O)COc2ccccc2C(F)(F)F)CCOC1. The summed E-state index contributed by atoms with van der Waals surface area (Å²) in [4.78, 5) is 22.9. The predicted octanol–water partition coefficient (Wildman–Crippen LogP) is 1.83. The molecule has 24 heavy (non-hydrogen) atoms. The fourth-order valence-electron chi connectivity index (χ4n) is 2.48. The van der Waals surface area contributed by atoms with E-state index in [1.807, 2.05) is 0 Å². The molecule has 1 aliphatic rings. The molecule has 0 bridgehead atoms. The van der Waals surface area contributed by atoms with Gasteiger partial charge in [-0.3, -0.25) is 9.59 Å². The highest BCUT2D eigenvalue weighted by molar-refractivity contribution is 5.79. The molecule has 132 valence electrons. The van der Waals surface area contributed by atoms with Crippen molar-refractivity contribution in [2.75, 3.05) is 19.8 Å². The van der Waals surface area contributed by atoms with Gasteiger partial charge in [0, 0.05) is 6.61 Å². The zero-order chi connectivity index (χ0) is 17.8. The highest BCUT2D eigenvalue weighted by atomic mass is 19.4. The number of aliphatic carboxylic acids is 1. The van der Waals surface area contributed by atoms with Gasteiger partial charge in [0.2, 0.25) is 0 Å². The van der Waals surface area contributed by atoms with Crippen LogP contribution in [-0.2, 0) is 20.5 Å². The molecule has 1 unspecified atom stereocenters. The Hall–Kier alpha value is -2.29. The van der Waals surface area contributed by atoms with E-state index < -0.39 is 41.5 Å². The molecule has 1 aromatic rings. The lowest BCUT2D eigenvalue weighted by Gasteiger charge is -2.27. The van der Waals surface area contributed by atoms with Gasteiger partial charge in [0.05, 0.1) is 24.1 Å². The third-order valence-corrected chi connectivity index (χ3v) is 3.55. The molecule has 1 aromatic carbocycles. The molecule has 1 fully saturated rings. The topological polar surface area (TPSA) is 84.9 Å². The van der Waals surface area contributed by atoms with E-state index in [9.17, 15) is 22.8 Å². The van der Waals surface area contributed by atoms with Gasteiger partial charge >= 0.3 is 12.1 Å². The maximum atomic E-state index is 12.8. The molecule has 2 rings (SSSR count). The number of carbonyl (C=O) groups is 2. The number of rotatable bonds is 6. The number of carboxylic acid groups (broad SMARTS) is 1. The van der Waals surface area contributed by atoms with Crippen LogP contribution in [0.2, 0.25) is 0 Å². The Balaban J connectivity index is 2.00. The van der Waals surface area contributed by atoms with Crippen molar-refractivity contribution in [3.63, 3.8) is 0 Å². The van der Waals surface area contributed by atoms with Gasteiger partial charge in [-0.05, 0) is 18.6 Å². The van der Waals surface area contributed by atoms with Gasteiger partial charge in [0.25, 0.3) is 5.91 Å². The van der Waals surface area contributed by atoms with Crippen LogP contribution in [-0.4, -0.2) is 42.3 Å². The largest absolute Gasteiger partial charge is 0.483 e. The number of hydrogen-bond acceptors (Lipinski definition) is 4. The van der Waals surface area contributed by atoms with Crippen molar-refractivity contribution < 1.29 is 37.3 Å². The maximum absolute atomic E-state index is 12.8. The third kappa shape index (κ3) is 4.60. The minimum Gasteiger partial charge on any atom is -0.483 e. The second-order valence-electron chi connectivity index (χ2n) is 5.48. The number of carbonyl (C=O) groups excluding carboxylic acids is 1. The van der Waals surface area contributed by atoms with Crippen molar-refractivity contribution >= 4 is 11.9 Å². The van der Waals surface area contributed by atoms with Crippen LogP contribution in [0.15, 0.2) is 24.3 Å². The van der Waals surface area contributed by atoms with Crippen molar-refractivity contribution in [3.05, 3.63) is 29.8 Å². The molecule has 1 saturated heterocycles. The molecule has 2 N–H and O–H groups in total. The molecule has 0 aromatic heterocycles. The number of halogens is 3. The van der Waals surface area contributed by atoms with Crippen LogP contribution in [0.5, 0.6) is 5.75 Å². The van der Waals surface area contributed by atoms with E-state index in [1.54, 1.807) is 0 Å². The lowest BCUT2D eigenvalue weighted by Crippen LogP contribution is -2.51. The summed E-state index contributed by atoms with van der Waals surface area (Å²) in [6.07, 6.45) is -4.63. The van der Waals surface area contributed by atoms with Crippen molar-refractivity contribution in [2.45, 2.75) is 24.6 Å². The van der Waals surface area contributed by atoms with Crippen molar-refractivity contribution in [2.24, 2.45) is 0 Å². The molecular weight excluding hydrogens is 331 g/mol. The summed E-state index contributed by atoms with van der Waals surface area (Å²) in [7, 11) is 0. The molecule has 0 saturated carbocycles. The third-order valence-electron chi connectivity index (χ3n) is 3.55. The molecule has 6 nitrogen and oxygen atoms in total. The molecule has 1 aliphatic heterocycles. The van der Waals surface area contributed by atoms with Crippen LogP contribution in [0.3, 0.4) is 0 Å². The molecule has 1 heterocycles. The van der Waals surface area contributed by atoms with E-state index in [4.69, 9.17) is 14.6 Å². The van der Waals surface area contributed by atoms with Crippen LogP contribution in [0, 0.1) is 0 Å². The fraction of sp³-hybridized carbons (Fsp3) is 0.467. The lowest BCUT2D eigenvalue weighted by atomic mass is 9.94. The molecule has 1 amide bonds. The second-order valence-corrected chi connectivity index (χ2v) is 5.48. The molecule has 0 radical (unpaired) electrons. The normalized spacial score (nSPS) is 20.6. The van der Waals surface area contributed by atoms with Gasteiger partial charge in [0.1, 0.15) is 5.75 Å². The molecule has 0 aliphatic carbocycles. The summed E-state index contributed by atoms with van der Waals surface area (Å²) >= 11 is 0. The Morgan fingerprint density at radius 1 is 1.33 bits per heavy atom. The first kappa shape index (κ1) is 18.1. The van der Waals surface area contributed by atoms with Crippen LogP contribution in [0.1, 0.15) is 18.4 Å². The minimum absolute atomic E-state index is 0.0319. The van der Waals surface area contributed by atoms with E-state index in [0.717, 1.165) is 12.1 Å². The quantitative estimate of drug-likeness (QED) is 0.820. The monoisotopic (exact) mass is 347 g/mol. The molecule has 9 heteroatoms. The first-order valence-electron chi connectivity index (χ1n) is 7.11. The summed E-state index contributed by atoms with van der Waals surface area (Å²) in [6.45, 7) is -0.329. The van der Waals surface area contributed by atoms with Gasteiger partial charge in [-0.15, -0.1) is 0 Å². The minimum atomic E-state index is -4.60. The standard InChI is InChI=1S/C15H16F3NO5/c16-15(17,18)10-3-1-2-4-11(10)24-8-12(20)19-14(7-13(21)22)5-6-23-9-14/h1-4H,5-9H2,(H,19,20)(H,21,22). The van der Waals surface area contributed by atoms with Crippen LogP contribution in [0.4, 0.5) is 13.2 Å². The first-order valence-corrected chi connectivity index (χ1v) is 7.11. The number of para-hydroxylation sites is 1. The van der Waals surface area contributed by atoms with Crippen molar-refractivity contribution in [3.8, 4) is 5.75 Å². The predicted molar refractivity (Wildman–Crippen MR) is 75.5 cm³/mol. The zero-order valence-corrected chi connectivity index (χ0v) is 12.6. The Bertz CT molecular complexity index is 611. The number of nitrogens with one attached hydrogen (secondary N) is 1. The van der Waals surface area contributed by atoms with E-state index in [1.165, 1.54) is 12.1 Å². The number of ether oxygens (including phenoxy) is 2. The summed E-state index contributed by atoms with van der Waals surface area (Å²) in [5, 5.41) is 11.4.